The Labute approximate surface area is 120 Å². The summed E-state index contributed by atoms with van der Waals surface area (Å²) in [5, 5.41) is 0. The van der Waals surface area contributed by atoms with Gasteiger partial charge in [0.05, 0.1) is 12.0 Å². The molecule has 1 atom stereocenters. The standard InChI is InChI=1S/C15H25N3O2/c1-11(9-20-4)13-5-7-18(8-6-13)15(19)14-12(2)16-10-17(14)3/h10-11,13H,5-9H2,1-4H3/t11-/m0/s1. The average molecular weight is 279 g/mol. The Morgan fingerprint density at radius 3 is 2.65 bits per heavy atom. The van der Waals surface area contributed by atoms with Crippen molar-refractivity contribution in [2.24, 2.45) is 18.9 Å². The van der Waals surface area contributed by atoms with Crippen molar-refractivity contribution in [3.8, 4) is 0 Å². The first kappa shape index (κ1) is 15.0. The predicted molar refractivity (Wildman–Crippen MR) is 77.6 cm³/mol. The van der Waals surface area contributed by atoms with Crippen LogP contribution in [0.4, 0.5) is 0 Å². The molecule has 0 bridgehead atoms. The van der Waals surface area contributed by atoms with E-state index in [0.717, 1.165) is 38.2 Å². The molecular formula is C15H25N3O2. The molecule has 2 heterocycles. The van der Waals surface area contributed by atoms with Gasteiger partial charge in [-0.05, 0) is 31.6 Å². The zero-order valence-electron chi connectivity index (χ0n) is 12.9. The van der Waals surface area contributed by atoms with Crippen molar-refractivity contribution in [2.75, 3.05) is 26.8 Å². The molecule has 1 amide bonds. The summed E-state index contributed by atoms with van der Waals surface area (Å²) in [5.41, 5.74) is 1.53. The van der Waals surface area contributed by atoms with Crippen LogP contribution in [0.25, 0.3) is 0 Å². The first-order valence-corrected chi connectivity index (χ1v) is 7.30. The van der Waals surface area contributed by atoms with Gasteiger partial charge in [-0.2, -0.15) is 0 Å². The average Bonchev–Trinajstić information content (AvgIpc) is 2.78. The fourth-order valence-corrected chi connectivity index (χ4v) is 3.07. The first-order chi connectivity index (χ1) is 9.54. The molecule has 1 aliphatic heterocycles. The van der Waals surface area contributed by atoms with E-state index in [1.54, 1.807) is 13.4 Å². The number of aryl methyl sites for hydroxylation is 2. The SMILES string of the molecule is COC[C@H](C)C1CCN(C(=O)c2c(C)ncn2C)CC1. The van der Waals surface area contributed by atoms with Crippen LogP contribution in [0, 0.1) is 18.8 Å². The number of amides is 1. The minimum atomic E-state index is 0.111. The second-order valence-corrected chi connectivity index (χ2v) is 5.85. The molecule has 0 spiro atoms. The minimum Gasteiger partial charge on any atom is -0.384 e. The van der Waals surface area contributed by atoms with E-state index in [1.807, 2.05) is 23.4 Å². The van der Waals surface area contributed by atoms with Crippen LogP contribution in [0.1, 0.15) is 35.9 Å². The van der Waals surface area contributed by atoms with Gasteiger partial charge in [0.25, 0.3) is 5.91 Å². The van der Waals surface area contributed by atoms with E-state index in [9.17, 15) is 4.79 Å². The van der Waals surface area contributed by atoms with Gasteiger partial charge < -0.3 is 14.2 Å². The summed E-state index contributed by atoms with van der Waals surface area (Å²) in [6.45, 7) is 6.60. The summed E-state index contributed by atoms with van der Waals surface area (Å²) >= 11 is 0. The van der Waals surface area contributed by atoms with Crippen LogP contribution in [-0.4, -0.2) is 47.2 Å². The van der Waals surface area contributed by atoms with Crippen molar-refractivity contribution in [1.29, 1.82) is 0 Å². The molecule has 0 N–H and O–H groups in total. The summed E-state index contributed by atoms with van der Waals surface area (Å²) in [4.78, 5) is 18.7. The number of hydrogen-bond donors (Lipinski definition) is 0. The van der Waals surface area contributed by atoms with Gasteiger partial charge in [0.2, 0.25) is 0 Å². The van der Waals surface area contributed by atoms with Crippen molar-refractivity contribution < 1.29 is 9.53 Å². The fourth-order valence-electron chi connectivity index (χ4n) is 3.07. The summed E-state index contributed by atoms with van der Waals surface area (Å²) in [7, 11) is 3.63. The number of hydrogen-bond acceptors (Lipinski definition) is 3. The molecule has 112 valence electrons. The first-order valence-electron chi connectivity index (χ1n) is 7.30. The number of likely N-dealkylation sites (tertiary alicyclic amines) is 1. The number of aromatic nitrogens is 2. The third-order valence-electron chi connectivity index (χ3n) is 4.38. The Hall–Kier alpha value is -1.36. The molecule has 1 saturated heterocycles. The van der Waals surface area contributed by atoms with E-state index in [0.29, 0.717) is 17.5 Å². The van der Waals surface area contributed by atoms with Crippen LogP contribution >= 0.6 is 0 Å². The van der Waals surface area contributed by atoms with Gasteiger partial charge in [0.1, 0.15) is 5.69 Å². The third kappa shape index (κ3) is 3.03. The number of carbonyl (C=O) groups is 1. The zero-order chi connectivity index (χ0) is 14.7. The van der Waals surface area contributed by atoms with Gasteiger partial charge in [-0.25, -0.2) is 4.98 Å². The maximum Gasteiger partial charge on any atom is 0.272 e. The monoisotopic (exact) mass is 279 g/mol. The van der Waals surface area contributed by atoms with E-state index in [2.05, 4.69) is 11.9 Å². The van der Waals surface area contributed by atoms with E-state index in [-0.39, 0.29) is 5.91 Å². The molecular weight excluding hydrogens is 254 g/mol. The highest BCUT2D eigenvalue weighted by Crippen LogP contribution is 2.26. The lowest BCUT2D eigenvalue weighted by molar-refractivity contribution is 0.0589. The van der Waals surface area contributed by atoms with E-state index < -0.39 is 0 Å². The van der Waals surface area contributed by atoms with Crippen molar-refractivity contribution >= 4 is 5.91 Å². The van der Waals surface area contributed by atoms with Gasteiger partial charge in [0, 0.05) is 33.9 Å². The van der Waals surface area contributed by atoms with Gasteiger partial charge in [0.15, 0.2) is 0 Å². The minimum absolute atomic E-state index is 0.111. The zero-order valence-corrected chi connectivity index (χ0v) is 12.9. The molecule has 0 unspecified atom stereocenters. The highest BCUT2D eigenvalue weighted by molar-refractivity contribution is 5.93. The molecule has 5 nitrogen and oxygen atoms in total. The van der Waals surface area contributed by atoms with Crippen LogP contribution in [0.2, 0.25) is 0 Å². The Morgan fingerprint density at radius 1 is 1.50 bits per heavy atom. The van der Waals surface area contributed by atoms with Crippen LogP contribution in [0.15, 0.2) is 6.33 Å². The molecule has 0 saturated carbocycles. The van der Waals surface area contributed by atoms with Crippen molar-refractivity contribution in [3.63, 3.8) is 0 Å². The molecule has 0 aliphatic carbocycles. The Morgan fingerprint density at radius 2 is 2.15 bits per heavy atom. The molecule has 1 aromatic heterocycles. The molecule has 1 fully saturated rings. The predicted octanol–water partition coefficient (Wildman–Crippen LogP) is 1.86. The second-order valence-electron chi connectivity index (χ2n) is 5.85. The molecule has 20 heavy (non-hydrogen) atoms. The lowest BCUT2D eigenvalue weighted by atomic mass is 9.86. The smallest absolute Gasteiger partial charge is 0.272 e. The summed E-state index contributed by atoms with van der Waals surface area (Å²) < 4.78 is 7.05. The highest BCUT2D eigenvalue weighted by atomic mass is 16.5. The number of ether oxygens (including phenoxy) is 1. The molecule has 0 aromatic carbocycles. The van der Waals surface area contributed by atoms with Gasteiger partial charge in [-0.1, -0.05) is 6.92 Å². The highest BCUT2D eigenvalue weighted by Gasteiger charge is 2.28. The van der Waals surface area contributed by atoms with Crippen molar-refractivity contribution in [3.05, 3.63) is 17.7 Å². The molecule has 0 radical (unpaired) electrons. The maximum absolute atomic E-state index is 12.5. The molecule has 2 rings (SSSR count). The normalized spacial score (nSPS) is 18.3. The van der Waals surface area contributed by atoms with E-state index in [4.69, 9.17) is 4.74 Å². The lowest BCUT2D eigenvalue weighted by Crippen LogP contribution is -2.41. The quantitative estimate of drug-likeness (QED) is 0.845. The third-order valence-corrected chi connectivity index (χ3v) is 4.38. The summed E-state index contributed by atoms with van der Waals surface area (Å²) in [6.07, 6.45) is 3.83. The van der Waals surface area contributed by atoms with Gasteiger partial charge in [-0.3, -0.25) is 4.79 Å². The summed E-state index contributed by atoms with van der Waals surface area (Å²) in [5.74, 6) is 1.34. The van der Waals surface area contributed by atoms with Gasteiger partial charge in [-0.15, -0.1) is 0 Å². The number of imidazole rings is 1. The Kier molecular flexibility index (Phi) is 4.81. The maximum atomic E-state index is 12.5. The number of carbonyl (C=O) groups excluding carboxylic acids is 1. The Bertz CT molecular complexity index is 442. The molecule has 1 aromatic rings. The van der Waals surface area contributed by atoms with Crippen LogP contribution in [-0.2, 0) is 11.8 Å². The van der Waals surface area contributed by atoms with E-state index >= 15 is 0 Å². The second kappa shape index (κ2) is 6.39. The Balaban J connectivity index is 1.96. The van der Waals surface area contributed by atoms with Crippen molar-refractivity contribution in [1.82, 2.24) is 14.5 Å². The summed E-state index contributed by atoms with van der Waals surface area (Å²) in [6, 6.07) is 0. The van der Waals surface area contributed by atoms with E-state index in [1.165, 1.54) is 0 Å². The fraction of sp³-hybridized carbons (Fsp3) is 0.733. The number of nitrogens with zero attached hydrogens (tertiary/aromatic N) is 3. The molecule has 1 aliphatic rings. The largest absolute Gasteiger partial charge is 0.384 e. The van der Waals surface area contributed by atoms with Crippen LogP contribution in [0.3, 0.4) is 0 Å². The number of piperidine rings is 1. The van der Waals surface area contributed by atoms with Crippen LogP contribution < -0.4 is 0 Å². The lowest BCUT2D eigenvalue weighted by Gasteiger charge is -2.34. The van der Waals surface area contributed by atoms with Crippen molar-refractivity contribution in [2.45, 2.75) is 26.7 Å². The van der Waals surface area contributed by atoms with Gasteiger partial charge >= 0.3 is 0 Å². The number of rotatable bonds is 4. The van der Waals surface area contributed by atoms with Crippen LogP contribution in [0.5, 0.6) is 0 Å². The number of methoxy groups -OCH3 is 1. The molecule has 5 heteroatoms. The topological polar surface area (TPSA) is 47.4 Å².